The van der Waals surface area contributed by atoms with E-state index in [1.165, 1.54) is 5.57 Å². The van der Waals surface area contributed by atoms with Crippen molar-refractivity contribution in [2.75, 3.05) is 0 Å². The summed E-state index contributed by atoms with van der Waals surface area (Å²) in [4.78, 5) is 0. The lowest BCUT2D eigenvalue weighted by Crippen LogP contribution is -1.90. The van der Waals surface area contributed by atoms with Gasteiger partial charge in [-0.2, -0.15) is 0 Å². The van der Waals surface area contributed by atoms with Crippen LogP contribution in [-0.4, -0.2) is 0 Å². The third-order valence-electron chi connectivity index (χ3n) is 2.35. The van der Waals surface area contributed by atoms with Gasteiger partial charge in [0.1, 0.15) is 5.83 Å². The fraction of sp³-hybridized carbons (Fsp3) is 0.500. The van der Waals surface area contributed by atoms with Gasteiger partial charge in [-0.05, 0) is 37.8 Å². The van der Waals surface area contributed by atoms with Gasteiger partial charge in [0.25, 0.3) is 0 Å². The molecule has 0 heterocycles. The summed E-state index contributed by atoms with van der Waals surface area (Å²) < 4.78 is 12.7. The molecule has 0 aromatic carbocycles. The molecule has 0 rings (SSSR count). The van der Waals surface area contributed by atoms with Crippen molar-refractivity contribution < 1.29 is 4.39 Å². The van der Waals surface area contributed by atoms with Crippen LogP contribution in [0, 0.1) is 5.92 Å². The molecule has 0 N–H and O–H groups in total. The van der Waals surface area contributed by atoms with Gasteiger partial charge in [-0.15, -0.1) is 0 Å². The highest BCUT2D eigenvalue weighted by molar-refractivity contribution is 5.34. The molecule has 0 aromatic heterocycles. The summed E-state index contributed by atoms with van der Waals surface area (Å²) in [6.45, 7) is 13.2. The lowest BCUT2D eigenvalue weighted by molar-refractivity contribution is 0.654. The van der Waals surface area contributed by atoms with Crippen LogP contribution >= 0.6 is 0 Å². The van der Waals surface area contributed by atoms with Gasteiger partial charge in [-0.3, -0.25) is 0 Å². The maximum absolute atomic E-state index is 12.7. The van der Waals surface area contributed by atoms with E-state index in [2.05, 4.69) is 27.4 Å². The Kier molecular flexibility index (Phi) is 4.68. The van der Waals surface area contributed by atoms with Crippen LogP contribution in [0.1, 0.15) is 34.6 Å². The van der Waals surface area contributed by atoms with Gasteiger partial charge in [-0.1, -0.05) is 32.1 Å². The molecule has 0 radical (unpaired) electrons. The molecule has 0 aliphatic carbocycles. The molecule has 13 heavy (non-hydrogen) atoms. The van der Waals surface area contributed by atoms with Gasteiger partial charge >= 0.3 is 0 Å². The summed E-state index contributed by atoms with van der Waals surface area (Å²) in [6.07, 6.45) is 2.02. The first-order valence-corrected chi connectivity index (χ1v) is 4.56. The summed E-state index contributed by atoms with van der Waals surface area (Å²) in [5.74, 6) is 0.168. The zero-order chi connectivity index (χ0) is 10.6. The molecule has 0 unspecified atom stereocenters. The molecular formula is C12H19F. The van der Waals surface area contributed by atoms with Crippen LogP contribution in [-0.2, 0) is 0 Å². The molecule has 0 nitrogen and oxygen atoms in total. The Morgan fingerprint density at radius 2 is 1.69 bits per heavy atom. The van der Waals surface area contributed by atoms with Crippen molar-refractivity contribution in [2.24, 2.45) is 5.92 Å². The molecule has 0 fully saturated rings. The second-order valence-electron chi connectivity index (χ2n) is 3.76. The van der Waals surface area contributed by atoms with Crippen molar-refractivity contribution in [1.29, 1.82) is 0 Å². The maximum Gasteiger partial charge on any atom is 0.119 e. The van der Waals surface area contributed by atoms with Gasteiger partial charge in [0, 0.05) is 0 Å². The Morgan fingerprint density at radius 3 is 2.00 bits per heavy atom. The van der Waals surface area contributed by atoms with Crippen LogP contribution in [0.2, 0.25) is 0 Å². The number of hydrogen-bond acceptors (Lipinski definition) is 0. The molecule has 0 spiro atoms. The average molecular weight is 182 g/mol. The smallest absolute Gasteiger partial charge is 0.119 e. The van der Waals surface area contributed by atoms with Crippen LogP contribution in [0.15, 0.2) is 35.2 Å². The van der Waals surface area contributed by atoms with Crippen molar-refractivity contribution in [3.8, 4) is 0 Å². The van der Waals surface area contributed by atoms with E-state index in [0.29, 0.717) is 11.5 Å². The Bertz CT molecular complexity index is 254. The van der Waals surface area contributed by atoms with Crippen LogP contribution in [0.3, 0.4) is 0 Å². The largest absolute Gasteiger partial charge is 0.207 e. The van der Waals surface area contributed by atoms with Gasteiger partial charge in [0.05, 0.1) is 0 Å². The minimum atomic E-state index is -0.342. The first kappa shape index (κ1) is 12.2. The van der Waals surface area contributed by atoms with E-state index >= 15 is 0 Å². The first-order valence-electron chi connectivity index (χ1n) is 4.56. The predicted molar refractivity (Wildman–Crippen MR) is 57.2 cm³/mol. The zero-order valence-electron chi connectivity index (χ0n) is 9.24. The van der Waals surface area contributed by atoms with Crippen molar-refractivity contribution in [1.82, 2.24) is 0 Å². The molecule has 0 bridgehead atoms. The van der Waals surface area contributed by atoms with E-state index in [1.54, 1.807) is 6.92 Å². The van der Waals surface area contributed by atoms with E-state index in [1.807, 2.05) is 13.0 Å². The lowest BCUT2D eigenvalue weighted by Gasteiger charge is -2.06. The van der Waals surface area contributed by atoms with Crippen molar-refractivity contribution >= 4 is 0 Å². The summed E-state index contributed by atoms with van der Waals surface area (Å²) in [7, 11) is 0. The van der Waals surface area contributed by atoms with Gasteiger partial charge in [0.2, 0.25) is 0 Å². The molecule has 0 saturated carbocycles. The Morgan fingerprint density at radius 1 is 1.23 bits per heavy atom. The number of rotatable bonds is 3. The SMILES string of the molecule is C=C(F)/C(C)=C(C)\C=C(/C)C(C)C. The Balaban J connectivity index is 4.81. The monoisotopic (exact) mass is 182 g/mol. The molecule has 74 valence electrons. The van der Waals surface area contributed by atoms with E-state index in [4.69, 9.17) is 0 Å². The second-order valence-corrected chi connectivity index (χ2v) is 3.76. The van der Waals surface area contributed by atoms with E-state index < -0.39 is 0 Å². The summed E-state index contributed by atoms with van der Waals surface area (Å²) >= 11 is 0. The van der Waals surface area contributed by atoms with Crippen LogP contribution < -0.4 is 0 Å². The third-order valence-corrected chi connectivity index (χ3v) is 2.35. The molecule has 0 aromatic rings. The standard InChI is InChI=1S/C12H19F/c1-8(2)9(3)7-10(4)11(5)12(6)13/h7-8H,6H2,1-5H3/b9-7+,11-10-. The Labute approximate surface area is 80.9 Å². The minimum absolute atomic E-state index is 0.342. The van der Waals surface area contributed by atoms with Crippen LogP contribution in [0.25, 0.3) is 0 Å². The van der Waals surface area contributed by atoms with Crippen LogP contribution in [0.4, 0.5) is 4.39 Å². The minimum Gasteiger partial charge on any atom is -0.207 e. The first-order chi connectivity index (χ1) is 5.86. The summed E-state index contributed by atoms with van der Waals surface area (Å²) in [5, 5.41) is 0. The van der Waals surface area contributed by atoms with Crippen LogP contribution in [0.5, 0.6) is 0 Å². The number of hydrogen-bond donors (Lipinski definition) is 0. The molecule has 0 amide bonds. The van der Waals surface area contributed by atoms with Crippen molar-refractivity contribution in [2.45, 2.75) is 34.6 Å². The van der Waals surface area contributed by atoms with Crippen molar-refractivity contribution in [3.05, 3.63) is 35.2 Å². The second kappa shape index (κ2) is 5.00. The van der Waals surface area contributed by atoms with Crippen molar-refractivity contribution in [3.63, 3.8) is 0 Å². The zero-order valence-corrected chi connectivity index (χ0v) is 9.24. The summed E-state index contributed by atoms with van der Waals surface area (Å²) in [6, 6.07) is 0. The molecule has 0 aliphatic rings. The average Bonchev–Trinajstić information content (AvgIpc) is 2.02. The lowest BCUT2D eigenvalue weighted by atomic mass is 10.0. The number of allylic oxidation sites excluding steroid dienone is 5. The Hall–Kier alpha value is -0.850. The highest BCUT2D eigenvalue weighted by atomic mass is 19.1. The summed E-state index contributed by atoms with van der Waals surface area (Å²) in [5.41, 5.74) is 2.86. The highest BCUT2D eigenvalue weighted by Crippen LogP contribution is 2.18. The number of halogens is 1. The van der Waals surface area contributed by atoms with Gasteiger partial charge in [-0.25, -0.2) is 4.39 Å². The fourth-order valence-electron chi connectivity index (χ4n) is 0.830. The van der Waals surface area contributed by atoms with Gasteiger partial charge in [0.15, 0.2) is 0 Å². The fourth-order valence-corrected chi connectivity index (χ4v) is 0.830. The molecule has 0 saturated heterocycles. The van der Waals surface area contributed by atoms with Gasteiger partial charge < -0.3 is 0 Å². The van der Waals surface area contributed by atoms with E-state index in [0.717, 1.165) is 5.57 Å². The normalized spacial score (nSPS) is 14.5. The molecule has 0 aliphatic heterocycles. The molecule has 0 atom stereocenters. The molecule has 1 heteroatoms. The maximum atomic E-state index is 12.7. The van der Waals surface area contributed by atoms with E-state index in [9.17, 15) is 4.39 Å². The third kappa shape index (κ3) is 4.07. The van der Waals surface area contributed by atoms with E-state index in [-0.39, 0.29) is 5.83 Å². The topological polar surface area (TPSA) is 0 Å². The predicted octanol–water partition coefficient (Wildman–Crippen LogP) is 4.41. The highest BCUT2D eigenvalue weighted by Gasteiger charge is 2.00. The quantitative estimate of drug-likeness (QED) is 0.567. The molecular weight excluding hydrogens is 163 g/mol.